The summed E-state index contributed by atoms with van der Waals surface area (Å²) < 4.78 is 1.88. The van der Waals surface area contributed by atoms with Crippen molar-refractivity contribution in [3.8, 4) is 0 Å². The van der Waals surface area contributed by atoms with Crippen LogP contribution in [-0.4, -0.2) is 27.9 Å². The lowest BCUT2D eigenvalue weighted by molar-refractivity contribution is -0.126. The van der Waals surface area contributed by atoms with Crippen LogP contribution < -0.4 is 10.2 Å². The molecular weight excluding hydrogens is 412 g/mol. The number of imidazole rings is 1. The molecule has 3 aromatic rings. The van der Waals surface area contributed by atoms with Gasteiger partial charge in [0.05, 0.1) is 5.92 Å². The molecule has 2 aromatic carbocycles. The minimum Gasteiger partial charge on any atom is -0.342 e. The summed E-state index contributed by atoms with van der Waals surface area (Å²) in [4.78, 5) is 31.9. The minimum atomic E-state index is -0.433. The van der Waals surface area contributed by atoms with Crippen LogP contribution in [0.4, 0.5) is 5.69 Å². The molecule has 4 rings (SSSR count). The molecule has 1 N–H and O–H groups in total. The molecule has 2 amide bonds. The molecule has 0 radical (unpaired) electrons. The fraction of sp³-hybridized carbons (Fsp3) is 0.292. The zero-order chi connectivity index (χ0) is 22.0. The zero-order valence-corrected chi connectivity index (χ0v) is 18.3. The summed E-state index contributed by atoms with van der Waals surface area (Å²) in [5.41, 5.74) is 2.92. The van der Waals surface area contributed by atoms with Crippen LogP contribution >= 0.6 is 11.6 Å². The molecule has 0 unspecified atom stereocenters. The number of aryl methyl sites for hydroxylation is 2. The summed E-state index contributed by atoms with van der Waals surface area (Å²) >= 11 is 6.04. The van der Waals surface area contributed by atoms with E-state index in [1.165, 1.54) is 5.56 Å². The van der Waals surface area contributed by atoms with Gasteiger partial charge in [0.15, 0.2) is 0 Å². The van der Waals surface area contributed by atoms with Gasteiger partial charge in [-0.25, -0.2) is 4.98 Å². The predicted octanol–water partition coefficient (Wildman–Crippen LogP) is 3.89. The van der Waals surface area contributed by atoms with Gasteiger partial charge in [-0.05, 0) is 41.8 Å². The molecule has 0 spiro atoms. The fourth-order valence-electron chi connectivity index (χ4n) is 3.91. The molecule has 1 fully saturated rings. The smallest absolute Gasteiger partial charge is 0.227 e. The number of amides is 2. The summed E-state index contributed by atoms with van der Waals surface area (Å²) in [5.74, 6) is 0.0915. The number of hydrogen-bond acceptors (Lipinski definition) is 3. The van der Waals surface area contributed by atoms with Crippen molar-refractivity contribution < 1.29 is 9.59 Å². The van der Waals surface area contributed by atoms with E-state index in [0.29, 0.717) is 17.4 Å². The average molecular weight is 437 g/mol. The van der Waals surface area contributed by atoms with Crippen LogP contribution in [0.5, 0.6) is 0 Å². The van der Waals surface area contributed by atoms with Crippen molar-refractivity contribution in [1.82, 2.24) is 14.9 Å². The van der Waals surface area contributed by atoms with Crippen LogP contribution in [0.15, 0.2) is 60.9 Å². The highest BCUT2D eigenvalue weighted by Crippen LogP contribution is 2.28. The number of nitrogens with zero attached hydrogens (tertiary/aromatic N) is 3. The van der Waals surface area contributed by atoms with Crippen LogP contribution in [0.2, 0.25) is 5.02 Å². The lowest BCUT2D eigenvalue weighted by atomic mass is 10.0. The average Bonchev–Trinajstić information content (AvgIpc) is 3.38. The molecule has 7 heteroatoms. The minimum absolute atomic E-state index is 0.0376. The molecule has 1 aliphatic rings. The first-order chi connectivity index (χ1) is 15.0. The normalized spacial score (nSPS) is 17.1. The Morgan fingerprint density at radius 3 is 2.52 bits per heavy atom. The molecule has 1 saturated heterocycles. The van der Waals surface area contributed by atoms with Crippen LogP contribution in [0.3, 0.4) is 0 Å². The summed E-state index contributed by atoms with van der Waals surface area (Å²) in [6, 6.07) is 14.8. The number of aromatic nitrogens is 2. The van der Waals surface area contributed by atoms with Gasteiger partial charge in [-0.1, -0.05) is 42.8 Å². The Labute approximate surface area is 186 Å². The number of hydrogen-bond donors (Lipinski definition) is 1. The SMILES string of the molecule is CCc1ccc(N2C[C@@H](C(=O)N[C@H](c3ccc(Cl)cc3)c3nccn3C)CC2=O)cc1. The van der Waals surface area contributed by atoms with E-state index in [4.69, 9.17) is 11.6 Å². The molecule has 0 bridgehead atoms. The second-order valence-electron chi connectivity index (χ2n) is 7.81. The van der Waals surface area contributed by atoms with Gasteiger partial charge in [-0.2, -0.15) is 0 Å². The van der Waals surface area contributed by atoms with Gasteiger partial charge in [-0.15, -0.1) is 0 Å². The van der Waals surface area contributed by atoms with Gasteiger partial charge >= 0.3 is 0 Å². The van der Waals surface area contributed by atoms with E-state index in [-0.39, 0.29) is 18.2 Å². The van der Waals surface area contributed by atoms with Gasteiger partial charge in [0.2, 0.25) is 11.8 Å². The molecule has 1 aromatic heterocycles. The maximum absolute atomic E-state index is 13.2. The van der Waals surface area contributed by atoms with Crippen molar-refractivity contribution in [2.24, 2.45) is 13.0 Å². The largest absolute Gasteiger partial charge is 0.342 e. The highest BCUT2D eigenvalue weighted by molar-refractivity contribution is 6.30. The number of nitrogens with one attached hydrogen (secondary N) is 1. The number of carbonyl (C=O) groups is 2. The van der Waals surface area contributed by atoms with E-state index in [9.17, 15) is 9.59 Å². The topological polar surface area (TPSA) is 67.2 Å². The van der Waals surface area contributed by atoms with E-state index in [0.717, 1.165) is 17.7 Å². The Kier molecular flexibility index (Phi) is 6.09. The zero-order valence-electron chi connectivity index (χ0n) is 17.6. The number of benzene rings is 2. The monoisotopic (exact) mass is 436 g/mol. The van der Waals surface area contributed by atoms with Gasteiger partial charge in [0.25, 0.3) is 0 Å². The van der Waals surface area contributed by atoms with Crippen molar-refractivity contribution >= 4 is 29.1 Å². The van der Waals surface area contributed by atoms with Gasteiger partial charge < -0.3 is 14.8 Å². The van der Waals surface area contributed by atoms with E-state index in [1.54, 1.807) is 23.2 Å². The van der Waals surface area contributed by atoms with Gasteiger partial charge in [0, 0.05) is 43.1 Å². The number of carbonyl (C=O) groups excluding carboxylic acids is 2. The molecule has 2 heterocycles. The molecular formula is C24H25ClN4O2. The second-order valence-corrected chi connectivity index (χ2v) is 8.25. The van der Waals surface area contributed by atoms with Crippen molar-refractivity contribution in [3.05, 3.63) is 82.9 Å². The standard InChI is InChI=1S/C24H25ClN4O2/c1-3-16-4-10-20(11-5-16)29-15-18(14-21(29)30)24(31)27-22(23-26-12-13-28(23)2)17-6-8-19(25)9-7-17/h4-13,18,22H,3,14-15H2,1-2H3,(H,27,31)/t18-,22+/m0/s1. The third kappa shape index (κ3) is 4.49. The third-order valence-corrected chi connectivity index (χ3v) is 6.01. The Balaban J connectivity index is 1.53. The summed E-state index contributed by atoms with van der Waals surface area (Å²) in [7, 11) is 1.89. The van der Waals surface area contributed by atoms with Crippen LogP contribution in [0, 0.1) is 5.92 Å². The van der Waals surface area contributed by atoms with Crippen LogP contribution in [-0.2, 0) is 23.1 Å². The van der Waals surface area contributed by atoms with Crippen molar-refractivity contribution in [2.75, 3.05) is 11.4 Å². The summed E-state index contributed by atoms with van der Waals surface area (Å²) in [5, 5.41) is 3.73. The second kappa shape index (κ2) is 8.94. The predicted molar refractivity (Wildman–Crippen MR) is 121 cm³/mol. The number of halogens is 1. The van der Waals surface area contributed by atoms with E-state index < -0.39 is 12.0 Å². The fourth-order valence-corrected chi connectivity index (χ4v) is 4.04. The first kappa shape index (κ1) is 21.1. The molecule has 0 aliphatic carbocycles. The molecule has 160 valence electrons. The highest BCUT2D eigenvalue weighted by atomic mass is 35.5. The maximum Gasteiger partial charge on any atom is 0.227 e. The first-order valence-electron chi connectivity index (χ1n) is 10.4. The molecule has 2 atom stereocenters. The molecule has 31 heavy (non-hydrogen) atoms. The van der Waals surface area contributed by atoms with Crippen molar-refractivity contribution in [1.29, 1.82) is 0 Å². The highest BCUT2D eigenvalue weighted by Gasteiger charge is 2.36. The quantitative estimate of drug-likeness (QED) is 0.637. The molecule has 0 saturated carbocycles. The van der Waals surface area contributed by atoms with E-state index in [1.807, 2.05) is 54.2 Å². The maximum atomic E-state index is 13.2. The van der Waals surface area contributed by atoms with E-state index >= 15 is 0 Å². The molecule has 1 aliphatic heterocycles. The lowest BCUT2D eigenvalue weighted by Crippen LogP contribution is -2.37. The Morgan fingerprint density at radius 2 is 1.90 bits per heavy atom. The van der Waals surface area contributed by atoms with Crippen LogP contribution in [0.1, 0.15) is 36.3 Å². The van der Waals surface area contributed by atoms with Crippen LogP contribution in [0.25, 0.3) is 0 Å². The molecule has 6 nitrogen and oxygen atoms in total. The van der Waals surface area contributed by atoms with Gasteiger partial charge in [0.1, 0.15) is 11.9 Å². The van der Waals surface area contributed by atoms with Gasteiger partial charge in [-0.3, -0.25) is 9.59 Å². The third-order valence-electron chi connectivity index (χ3n) is 5.76. The summed E-state index contributed by atoms with van der Waals surface area (Å²) in [6.07, 6.45) is 4.67. The Bertz CT molecular complexity index is 1080. The number of rotatable bonds is 6. The Hall–Kier alpha value is -3.12. The Morgan fingerprint density at radius 1 is 1.19 bits per heavy atom. The first-order valence-corrected chi connectivity index (χ1v) is 10.8. The van der Waals surface area contributed by atoms with Crippen molar-refractivity contribution in [3.63, 3.8) is 0 Å². The number of anilines is 1. The van der Waals surface area contributed by atoms with E-state index in [2.05, 4.69) is 17.2 Å². The van der Waals surface area contributed by atoms with Crippen molar-refractivity contribution in [2.45, 2.75) is 25.8 Å². The lowest BCUT2D eigenvalue weighted by Gasteiger charge is -2.22. The summed E-state index contributed by atoms with van der Waals surface area (Å²) in [6.45, 7) is 2.46.